The highest BCUT2D eigenvalue weighted by molar-refractivity contribution is 8.16. The molecule has 3 nitrogen and oxygen atoms in total. The van der Waals surface area contributed by atoms with Crippen LogP contribution >= 0.6 is 11.8 Å². The number of hydrogen-bond acceptors (Lipinski definition) is 3. The topological polar surface area (TPSA) is 36.4 Å². The van der Waals surface area contributed by atoms with Crippen LogP contribution in [0.2, 0.25) is 0 Å². The van der Waals surface area contributed by atoms with Crippen LogP contribution in [0.25, 0.3) is 5.70 Å². The van der Waals surface area contributed by atoms with E-state index >= 15 is 0 Å². The van der Waals surface area contributed by atoms with Gasteiger partial charge in [0.1, 0.15) is 11.6 Å². The van der Waals surface area contributed by atoms with Gasteiger partial charge in [-0.25, -0.2) is 8.78 Å². The molecular formula is C16H19F2N3S. The summed E-state index contributed by atoms with van der Waals surface area (Å²) in [6.07, 6.45) is 4.83. The highest BCUT2D eigenvalue weighted by atomic mass is 32.2. The molecule has 0 radical (unpaired) electrons. The number of hydrogen-bond donors (Lipinski definition) is 2. The molecule has 1 fully saturated rings. The van der Waals surface area contributed by atoms with Crippen molar-refractivity contribution in [3.05, 3.63) is 40.8 Å². The summed E-state index contributed by atoms with van der Waals surface area (Å²) in [5.74, 6) is -0.321. The molecule has 118 valence electrons. The average Bonchev–Trinajstić information content (AvgIpc) is 2.53. The van der Waals surface area contributed by atoms with Gasteiger partial charge in [-0.1, -0.05) is 31.5 Å². The lowest BCUT2D eigenvalue weighted by atomic mass is 9.86. The summed E-state index contributed by atoms with van der Waals surface area (Å²) in [4.78, 5) is 4.74. The molecule has 22 heavy (non-hydrogen) atoms. The standard InChI is InChI=1S/C16H19F2N3S/c1-10-4-2-3-5-14(10)19-16-21-20-15(9-22-16)12-8-11(17)6-7-13(12)18/h6-10,14,20H,2-5H2,1H3,(H,19,21)/t10-,14-/m1/s1. The number of nitrogens with one attached hydrogen (secondary N) is 2. The van der Waals surface area contributed by atoms with Crippen LogP contribution in [0.5, 0.6) is 0 Å². The van der Waals surface area contributed by atoms with E-state index in [9.17, 15) is 8.78 Å². The summed E-state index contributed by atoms with van der Waals surface area (Å²) in [5.41, 5.74) is 6.62. The Balaban J connectivity index is 1.73. The molecule has 0 aromatic heterocycles. The van der Waals surface area contributed by atoms with E-state index in [4.69, 9.17) is 4.99 Å². The summed E-state index contributed by atoms with van der Waals surface area (Å²) in [7, 11) is 0. The zero-order chi connectivity index (χ0) is 15.5. The molecule has 1 saturated carbocycles. The van der Waals surface area contributed by atoms with Gasteiger partial charge in [0.25, 0.3) is 0 Å². The summed E-state index contributed by atoms with van der Waals surface area (Å²) in [6.45, 7) is 2.23. The van der Waals surface area contributed by atoms with E-state index in [0.29, 0.717) is 17.7 Å². The summed E-state index contributed by atoms with van der Waals surface area (Å²) in [5, 5.41) is 2.54. The Morgan fingerprint density at radius 2 is 2.00 bits per heavy atom. The Kier molecular flexibility index (Phi) is 4.66. The number of amidine groups is 1. The van der Waals surface area contributed by atoms with Crippen LogP contribution in [0, 0.1) is 17.6 Å². The third-order valence-electron chi connectivity index (χ3n) is 4.16. The van der Waals surface area contributed by atoms with E-state index in [1.807, 2.05) is 0 Å². The van der Waals surface area contributed by atoms with Crippen LogP contribution in [0.3, 0.4) is 0 Å². The van der Waals surface area contributed by atoms with Crippen molar-refractivity contribution in [2.24, 2.45) is 10.9 Å². The maximum atomic E-state index is 13.8. The number of benzene rings is 1. The van der Waals surface area contributed by atoms with Gasteiger partial charge in [0.05, 0.1) is 11.7 Å². The van der Waals surface area contributed by atoms with Gasteiger partial charge >= 0.3 is 0 Å². The molecule has 1 aliphatic carbocycles. The second-order valence-electron chi connectivity index (χ2n) is 5.79. The van der Waals surface area contributed by atoms with Gasteiger partial charge < -0.3 is 0 Å². The van der Waals surface area contributed by atoms with Gasteiger partial charge in [0, 0.05) is 11.0 Å². The fourth-order valence-electron chi connectivity index (χ4n) is 2.83. The third-order valence-corrected chi connectivity index (χ3v) is 4.94. The first-order chi connectivity index (χ1) is 10.6. The van der Waals surface area contributed by atoms with Gasteiger partial charge in [-0.2, -0.15) is 0 Å². The largest absolute Gasteiger partial charge is 0.298 e. The van der Waals surface area contributed by atoms with Crippen molar-refractivity contribution in [3.8, 4) is 0 Å². The molecule has 6 heteroatoms. The average molecular weight is 323 g/mol. The van der Waals surface area contributed by atoms with Crippen molar-refractivity contribution in [1.82, 2.24) is 10.9 Å². The van der Waals surface area contributed by atoms with Crippen LogP contribution in [-0.2, 0) is 0 Å². The summed E-state index contributed by atoms with van der Waals surface area (Å²) < 4.78 is 27.0. The van der Waals surface area contributed by atoms with E-state index in [2.05, 4.69) is 17.8 Å². The van der Waals surface area contributed by atoms with Gasteiger partial charge in [-0.3, -0.25) is 15.8 Å². The normalized spacial score (nSPS) is 27.0. The van der Waals surface area contributed by atoms with E-state index in [0.717, 1.165) is 23.7 Å². The molecule has 3 rings (SSSR count). The van der Waals surface area contributed by atoms with Gasteiger partial charge in [0.15, 0.2) is 5.17 Å². The number of hydrazine groups is 1. The fourth-order valence-corrected chi connectivity index (χ4v) is 3.55. The second kappa shape index (κ2) is 6.69. The Bertz CT molecular complexity index is 615. The molecule has 1 aliphatic heterocycles. The van der Waals surface area contributed by atoms with Crippen LogP contribution in [0.1, 0.15) is 38.2 Å². The van der Waals surface area contributed by atoms with E-state index in [-0.39, 0.29) is 5.56 Å². The minimum atomic E-state index is -0.459. The lowest BCUT2D eigenvalue weighted by Gasteiger charge is -2.27. The predicted molar refractivity (Wildman–Crippen MR) is 87.1 cm³/mol. The molecule has 1 aromatic carbocycles. The first-order valence-electron chi connectivity index (χ1n) is 7.55. The highest BCUT2D eigenvalue weighted by Crippen LogP contribution is 2.28. The third kappa shape index (κ3) is 3.43. The van der Waals surface area contributed by atoms with Gasteiger partial charge in [-0.15, -0.1) is 0 Å². The SMILES string of the molecule is C[C@@H]1CCCC[C@H]1N=C1NNC(c2cc(F)ccc2F)=CS1. The van der Waals surface area contributed by atoms with Crippen molar-refractivity contribution in [2.75, 3.05) is 0 Å². The molecule has 0 amide bonds. The Labute approximate surface area is 133 Å². The Morgan fingerprint density at radius 3 is 2.73 bits per heavy atom. The maximum Gasteiger partial charge on any atom is 0.180 e. The van der Waals surface area contributed by atoms with E-state index < -0.39 is 11.6 Å². The van der Waals surface area contributed by atoms with Crippen molar-refractivity contribution in [2.45, 2.75) is 38.6 Å². The zero-order valence-electron chi connectivity index (χ0n) is 12.4. The minimum absolute atomic E-state index is 0.213. The predicted octanol–water partition coefficient (Wildman–Crippen LogP) is 4.04. The number of aliphatic imine (C=N–C) groups is 1. The van der Waals surface area contributed by atoms with Crippen LogP contribution in [-0.4, -0.2) is 11.2 Å². The molecule has 1 aromatic rings. The first kappa shape index (κ1) is 15.3. The lowest BCUT2D eigenvalue weighted by Crippen LogP contribution is -2.38. The molecule has 0 saturated heterocycles. The molecule has 2 atom stereocenters. The molecule has 2 N–H and O–H groups in total. The molecule has 0 unspecified atom stereocenters. The number of thioether (sulfide) groups is 1. The minimum Gasteiger partial charge on any atom is -0.298 e. The Hall–Kier alpha value is -1.56. The molecule has 1 heterocycles. The quantitative estimate of drug-likeness (QED) is 0.862. The number of rotatable bonds is 2. The van der Waals surface area contributed by atoms with Crippen LogP contribution in [0.15, 0.2) is 28.6 Å². The smallest absolute Gasteiger partial charge is 0.180 e. The van der Waals surface area contributed by atoms with Gasteiger partial charge in [-0.05, 0) is 37.0 Å². The monoisotopic (exact) mass is 323 g/mol. The van der Waals surface area contributed by atoms with E-state index in [1.165, 1.54) is 37.1 Å². The second-order valence-corrected chi connectivity index (χ2v) is 6.64. The summed E-state index contributed by atoms with van der Waals surface area (Å²) in [6, 6.07) is 3.76. The van der Waals surface area contributed by atoms with E-state index in [1.54, 1.807) is 5.41 Å². The number of halogens is 2. The van der Waals surface area contributed by atoms with Gasteiger partial charge in [0.2, 0.25) is 0 Å². The zero-order valence-corrected chi connectivity index (χ0v) is 13.2. The van der Waals surface area contributed by atoms with Crippen LogP contribution in [0.4, 0.5) is 8.78 Å². The van der Waals surface area contributed by atoms with Crippen molar-refractivity contribution in [3.63, 3.8) is 0 Å². The highest BCUT2D eigenvalue weighted by Gasteiger charge is 2.22. The van der Waals surface area contributed by atoms with Crippen LogP contribution < -0.4 is 10.9 Å². The molecule has 0 bridgehead atoms. The fraction of sp³-hybridized carbons (Fsp3) is 0.438. The molecule has 2 aliphatic rings. The molecule has 0 spiro atoms. The van der Waals surface area contributed by atoms with Crippen molar-refractivity contribution < 1.29 is 8.78 Å². The van der Waals surface area contributed by atoms with Crippen molar-refractivity contribution >= 4 is 22.6 Å². The number of nitrogens with zero attached hydrogens (tertiary/aromatic N) is 1. The lowest BCUT2D eigenvalue weighted by molar-refractivity contribution is 0.332. The summed E-state index contributed by atoms with van der Waals surface area (Å²) >= 11 is 1.40. The Morgan fingerprint density at radius 1 is 1.18 bits per heavy atom. The first-order valence-corrected chi connectivity index (χ1v) is 8.43. The molecular weight excluding hydrogens is 304 g/mol. The van der Waals surface area contributed by atoms with Crippen molar-refractivity contribution in [1.29, 1.82) is 0 Å². The maximum absolute atomic E-state index is 13.8.